The van der Waals surface area contributed by atoms with Gasteiger partial charge in [-0.25, -0.2) is 13.1 Å². The number of hydrazine groups is 1. The van der Waals surface area contributed by atoms with E-state index in [2.05, 4.69) is 15.6 Å². The first-order valence-electron chi connectivity index (χ1n) is 9.27. The Bertz CT molecular complexity index is 1160. The number of carbonyl (C=O) groups is 2. The van der Waals surface area contributed by atoms with Crippen LogP contribution >= 0.6 is 0 Å². The van der Waals surface area contributed by atoms with Crippen LogP contribution in [0.5, 0.6) is 5.75 Å². The van der Waals surface area contributed by atoms with E-state index in [1.165, 1.54) is 19.2 Å². The van der Waals surface area contributed by atoms with Crippen LogP contribution in [0.25, 0.3) is 0 Å². The average Bonchev–Trinajstić information content (AvgIpc) is 2.82. The highest BCUT2D eigenvalue weighted by Crippen LogP contribution is 2.17. The molecule has 3 N–H and O–H groups in total. The minimum Gasteiger partial charge on any atom is -0.497 e. The molecule has 0 aliphatic carbocycles. The first kappa shape index (κ1) is 22.0. The molecule has 0 aliphatic heterocycles. The molecule has 31 heavy (non-hydrogen) atoms. The van der Waals surface area contributed by atoms with Crippen LogP contribution in [0.3, 0.4) is 0 Å². The van der Waals surface area contributed by atoms with Gasteiger partial charge in [0.1, 0.15) is 5.75 Å². The second-order valence-electron chi connectivity index (χ2n) is 6.47. The Balaban J connectivity index is 1.56. The zero-order chi connectivity index (χ0) is 22.3. The Hall–Kier alpha value is -3.69. The van der Waals surface area contributed by atoms with Crippen molar-refractivity contribution in [2.75, 3.05) is 7.11 Å². The number of nitrogens with one attached hydrogen (secondary N) is 3. The van der Waals surface area contributed by atoms with E-state index in [0.29, 0.717) is 22.4 Å². The monoisotopic (exact) mass is 439 g/mol. The molecule has 0 aliphatic rings. The molecule has 0 bridgehead atoms. The number of hydrogen-bond donors (Lipinski definition) is 3. The number of sulfonamides is 1. The second kappa shape index (κ2) is 9.88. The van der Waals surface area contributed by atoms with E-state index >= 15 is 0 Å². The van der Waals surface area contributed by atoms with Crippen molar-refractivity contribution in [3.63, 3.8) is 0 Å². The molecule has 0 spiro atoms. The molecule has 0 heterocycles. The summed E-state index contributed by atoms with van der Waals surface area (Å²) in [5.74, 6) is -0.483. The van der Waals surface area contributed by atoms with Crippen molar-refractivity contribution in [3.05, 3.63) is 95.6 Å². The molecule has 0 atom stereocenters. The van der Waals surface area contributed by atoms with Gasteiger partial charge >= 0.3 is 0 Å². The molecule has 0 unspecified atom stereocenters. The number of rotatable bonds is 7. The molecule has 3 rings (SSSR count). The topological polar surface area (TPSA) is 114 Å². The summed E-state index contributed by atoms with van der Waals surface area (Å²) in [4.78, 5) is 24.3. The Kier molecular flexibility index (Phi) is 7.01. The van der Waals surface area contributed by atoms with Gasteiger partial charge in [0, 0.05) is 23.7 Å². The van der Waals surface area contributed by atoms with Gasteiger partial charge in [0.15, 0.2) is 0 Å². The standard InChI is InChI=1S/C22H21N3O5S/c1-30-19-8-5-9-20(14-19)31(28,29)23-15-16-10-12-18(13-11-16)22(27)25-24-21(26)17-6-3-2-4-7-17/h2-14,23H,15H2,1H3,(H,24,26)(H,25,27). The molecule has 9 heteroatoms. The molecular weight excluding hydrogens is 418 g/mol. The zero-order valence-electron chi connectivity index (χ0n) is 16.7. The lowest BCUT2D eigenvalue weighted by atomic mass is 10.1. The largest absolute Gasteiger partial charge is 0.497 e. The van der Waals surface area contributed by atoms with Crippen molar-refractivity contribution in [1.82, 2.24) is 15.6 Å². The second-order valence-corrected chi connectivity index (χ2v) is 8.24. The molecule has 2 amide bonds. The highest BCUT2D eigenvalue weighted by molar-refractivity contribution is 7.89. The third-order valence-electron chi connectivity index (χ3n) is 4.36. The Morgan fingerprint density at radius 1 is 0.806 bits per heavy atom. The van der Waals surface area contributed by atoms with Gasteiger partial charge in [-0.05, 0) is 42.0 Å². The number of hydrogen-bond acceptors (Lipinski definition) is 5. The van der Waals surface area contributed by atoms with E-state index in [4.69, 9.17) is 4.74 Å². The molecule has 0 saturated heterocycles. The van der Waals surface area contributed by atoms with Gasteiger partial charge in [0.05, 0.1) is 12.0 Å². The van der Waals surface area contributed by atoms with Crippen molar-refractivity contribution in [1.29, 1.82) is 0 Å². The van der Waals surface area contributed by atoms with Gasteiger partial charge in [-0.3, -0.25) is 20.4 Å². The first-order chi connectivity index (χ1) is 14.9. The van der Waals surface area contributed by atoms with Gasteiger partial charge in [0.2, 0.25) is 10.0 Å². The summed E-state index contributed by atoms with van der Waals surface area (Å²) in [5, 5.41) is 0. The van der Waals surface area contributed by atoms with Gasteiger partial charge in [-0.2, -0.15) is 0 Å². The fourth-order valence-corrected chi connectivity index (χ4v) is 3.70. The Labute approximate surface area is 180 Å². The van der Waals surface area contributed by atoms with Gasteiger partial charge in [0.25, 0.3) is 11.8 Å². The predicted octanol–water partition coefficient (Wildman–Crippen LogP) is 2.25. The summed E-state index contributed by atoms with van der Waals surface area (Å²) in [5.41, 5.74) is 6.08. The van der Waals surface area contributed by atoms with E-state index < -0.39 is 21.8 Å². The SMILES string of the molecule is COc1cccc(S(=O)(=O)NCc2ccc(C(=O)NNC(=O)c3ccccc3)cc2)c1. The highest BCUT2D eigenvalue weighted by Gasteiger charge is 2.15. The number of methoxy groups -OCH3 is 1. The summed E-state index contributed by atoms with van der Waals surface area (Å²) in [6.07, 6.45) is 0. The maximum atomic E-state index is 12.4. The summed E-state index contributed by atoms with van der Waals surface area (Å²) >= 11 is 0. The molecule has 0 radical (unpaired) electrons. The third kappa shape index (κ3) is 5.91. The molecule has 0 fully saturated rings. The zero-order valence-corrected chi connectivity index (χ0v) is 17.5. The lowest BCUT2D eigenvalue weighted by molar-refractivity contribution is 0.0846. The van der Waals surface area contributed by atoms with E-state index in [0.717, 1.165) is 0 Å². The Morgan fingerprint density at radius 3 is 2.03 bits per heavy atom. The maximum Gasteiger partial charge on any atom is 0.269 e. The fourth-order valence-electron chi connectivity index (χ4n) is 2.65. The third-order valence-corrected chi connectivity index (χ3v) is 5.76. The number of carbonyl (C=O) groups excluding carboxylic acids is 2. The van der Waals surface area contributed by atoms with Crippen molar-refractivity contribution in [2.45, 2.75) is 11.4 Å². The van der Waals surface area contributed by atoms with E-state index in [1.54, 1.807) is 66.7 Å². The molecule has 8 nitrogen and oxygen atoms in total. The molecule has 160 valence electrons. The van der Waals surface area contributed by atoms with Gasteiger partial charge in [-0.15, -0.1) is 0 Å². The summed E-state index contributed by atoms with van der Waals surface area (Å²) < 4.78 is 32.4. The van der Waals surface area contributed by atoms with Crippen molar-refractivity contribution in [2.24, 2.45) is 0 Å². The fraction of sp³-hybridized carbons (Fsp3) is 0.0909. The molecule has 0 saturated carbocycles. The summed E-state index contributed by atoms with van der Waals surface area (Å²) in [6, 6.07) is 21.0. The van der Waals surface area contributed by atoms with Crippen LogP contribution in [0, 0.1) is 0 Å². The minimum absolute atomic E-state index is 0.0478. The van der Waals surface area contributed by atoms with E-state index in [1.807, 2.05) is 0 Å². The lowest BCUT2D eigenvalue weighted by Gasteiger charge is -2.10. The predicted molar refractivity (Wildman–Crippen MR) is 115 cm³/mol. The van der Waals surface area contributed by atoms with Crippen molar-refractivity contribution < 1.29 is 22.7 Å². The lowest BCUT2D eigenvalue weighted by Crippen LogP contribution is -2.41. The maximum absolute atomic E-state index is 12.4. The summed E-state index contributed by atoms with van der Waals surface area (Å²) in [6.45, 7) is 0.0478. The van der Waals surface area contributed by atoms with Crippen molar-refractivity contribution in [3.8, 4) is 5.75 Å². The van der Waals surface area contributed by atoms with Crippen LogP contribution in [0.2, 0.25) is 0 Å². The van der Waals surface area contributed by atoms with Crippen LogP contribution in [0.15, 0.2) is 83.8 Å². The molecule has 0 aromatic heterocycles. The summed E-state index contributed by atoms with van der Waals surface area (Å²) in [7, 11) is -2.26. The molecule has 3 aromatic carbocycles. The number of amides is 2. The van der Waals surface area contributed by atoms with Crippen LogP contribution in [0.1, 0.15) is 26.3 Å². The number of ether oxygens (including phenoxy) is 1. The van der Waals surface area contributed by atoms with Crippen LogP contribution in [0.4, 0.5) is 0 Å². The van der Waals surface area contributed by atoms with Crippen LogP contribution in [-0.2, 0) is 16.6 Å². The Morgan fingerprint density at radius 2 is 1.42 bits per heavy atom. The normalized spacial score (nSPS) is 10.9. The molecule has 3 aromatic rings. The quantitative estimate of drug-likeness (QED) is 0.489. The average molecular weight is 439 g/mol. The number of benzene rings is 3. The highest BCUT2D eigenvalue weighted by atomic mass is 32.2. The molecular formula is C22H21N3O5S. The van der Waals surface area contributed by atoms with Gasteiger partial charge in [-0.1, -0.05) is 36.4 Å². The van der Waals surface area contributed by atoms with Crippen molar-refractivity contribution >= 4 is 21.8 Å². The van der Waals surface area contributed by atoms with E-state index in [9.17, 15) is 18.0 Å². The van der Waals surface area contributed by atoms with Crippen LogP contribution < -0.4 is 20.3 Å². The smallest absolute Gasteiger partial charge is 0.269 e. The van der Waals surface area contributed by atoms with E-state index in [-0.39, 0.29) is 11.4 Å². The first-order valence-corrected chi connectivity index (χ1v) is 10.8. The van der Waals surface area contributed by atoms with Gasteiger partial charge < -0.3 is 4.74 Å². The van der Waals surface area contributed by atoms with Crippen LogP contribution in [-0.4, -0.2) is 27.3 Å². The minimum atomic E-state index is -3.72.